The molecule has 5 heteroatoms. The van der Waals surface area contributed by atoms with Gasteiger partial charge in [-0.25, -0.2) is 0 Å². The summed E-state index contributed by atoms with van der Waals surface area (Å²) < 4.78 is 10.8. The second-order valence-corrected chi connectivity index (χ2v) is 4.85. The second-order valence-electron chi connectivity index (χ2n) is 4.85. The molecule has 0 atom stereocenters. The van der Waals surface area contributed by atoms with Crippen molar-refractivity contribution in [3.8, 4) is 5.75 Å². The van der Waals surface area contributed by atoms with E-state index in [1.54, 1.807) is 12.1 Å². The first kappa shape index (κ1) is 15.0. The summed E-state index contributed by atoms with van der Waals surface area (Å²) in [7, 11) is -0.0449. The van der Waals surface area contributed by atoms with Gasteiger partial charge < -0.3 is 19.5 Å². The SMILES string of the molecule is CCC(C)(C)OCc1ccc(OC)c(B(O)O)c1. The van der Waals surface area contributed by atoms with Gasteiger partial charge in [-0.05, 0) is 31.9 Å². The first-order valence-electron chi connectivity index (χ1n) is 6.06. The van der Waals surface area contributed by atoms with Gasteiger partial charge in [-0.2, -0.15) is 0 Å². The highest BCUT2D eigenvalue weighted by Gasteiger charge is 2.19. The van der Waals surface area contributed by atoms with Crippen LogP contribution in [0.1, 0.15) is 32.8 Å². The van der Waals surface area contributed by atoms with Crippen molar-refractivity contribution in [2.45, 2.75) is 39.4 Å². The molecule has 2 N–H and O–H groups in total. The van der Waals surface area contributed by atoms with Crippen molar-refractivity contribution in [3.05, 3.63) is 23.8 Å². The first-order valence-corrected chi connectivity index (χ1v) is 6.06. The molecule has 0 saturated carbocycles. The normalized spacial score (nSPS) is 11.4. The quantitative estimate of drug-likeness (QED) is 0.744. The molecule has 0 unspecified atom stereocenters. The molecule has 18 heavy (non-hydrogen) atoms. The average Bonchev–Trinajstić information content (AvgIpc) is 2.36. The van der Waals surface area contributed by atoms with E-state index in [-0.39, 0.29) is 5.60 Å². The highest BCUT2D eigenvalue weighted by Crippen LogP contribution is 2.17. The molecule has 4 nitrogen and oxygen atoms in total. The van der Waals surface area contributed by atoms with E-state index in [1.807, 2.05) is 19.9 Å². The monoisotopic (exact) mass is 252 g/mol. The van der Waals surface area contributed by atoms with Crippen LogP contribution in [0.3, 0.4) is 0 Å². The minimum atomic E-state index is -1.54. The van der Waals surface area contributed by atoms with E-state index < -0.39 is 7.12 Å². The number of hydrogen-bond acceptors (Lipinski definition) is 4. The van der Waals surface area contributed by atoms with Crippen LogP contribution < -0.4 is 10.2 Å². The molecule has 0 bridgehead atoms. The van der Waals surface area contributed by atoms with Crippen LogP contribution in [0.25, 0.3) is 0 Å². The average molecular weight is 252 g/mol. The van der Waals surface area contributed by atoms with Gasteiger partial charge in [-0.15, -0.1) is 0 Å². The van der Waals surface area contributed by atoms with Gasteiger partial charge in [-0.3, -0.25) is 0 Å². The largest absolute Gasteiger partial charge is 0.497 e. The standard InChI is InChI=1S/C13H21BO4/c1-5-13(2,3)18-9-10-6-7-12(17-4)11(8-10)14(15)16/h6-8,15-16H,5,9H2,1-4H3. The van der Waals surface area contributed by atoms with Gasteiger partial charge in [0.1, 0.15) is 5.75 Å². The number of benzene rings is 1. The van der Waals surface area contributed by atoms with Gasteiger partial charge in [-0.1, -0.05) is 19.1 Å². The first-order chi connectivity index (χ1) is 8.39. The van der Waals surface area contributed by atoms with Gasteiger partial charge in [0, 0.05) is 5.46 Å². The number of rotatable bonds is 6. The Morgan fingerprint density at radius 3 is 2.44 bits per heavy atom. The third-order valence-electron chi connectivity index (χ3n) is 3.05. The topological polar surface area (TPSA) is 58.9 Å². The fraction of sp³-hybridized carbons (Fsp3) is 0.538. The fourth-order valence-corrected chi connectivity index (χ4v) is 1.46. The lowest BCUT2D eigenvalue weighted by Crippen LogP contribution is -2.32. The Hall–Kier alpha value is -1.04. The van der Waals surface area contributed by atoms with E-state index >= 15 is 0 Å². The highest BCUT2D eigenvalue weighted by molar-refractivity contribution is 6.59. The van der Waals surface area contributed by atoms with Crippen LogP contribution in [0.2, 0.25) is 0 Å². The highest BCUT2D eigenvalue weighted by atomic mass is 16.5. The van der Waals surface area contributed by atoms with Crippen LogP contribution in [-0.4, -0.2) is 29.9 Å². The summed E-state index contributed by atoms with van der Waals surface area (Å²) >= 11 is 0. The molecule has 0 amide bonds. The van der Waals surface area contributed by atoms with Crippen molar-refractivity contribution in [1.29, 1.82) is 0 Å². The lowest BCUT2D eigenvalue weighted by molar-refractivity contribution is -0.0316. The molecule has 0 spiro atoms. The van der Waals surface area contributed by atoms with E-state index in [0.717, 1.165) is 12.0 Å². The second kappa shape index (κ2) is 6.23. The molecule has 0 radical (unpaired) electrons. The van der Waals surface area contributed by atoms with Gasteiger partial charge in [0.25, 0.3) is 0 Å². The molecular formula is C13H21BO4. The van der Waals surface area contributed by atoms with E-state index in [4.69, 9.17) is 9.47 Å². The van der Waals surface area contributed by atoms with E-state index in [9.17, 15) is 10.0 Å². The summed E-state index contributed by atoms with van der Waals surface area (Å²) in [4.78, 5) is 0. The Kier molecular flexibility index (Phi) is 5.20. The molecule has 0 fully saturated rings. The van der Waals surface area contributed by atoms with Crippen molar-refractivity contribution >= 4 is 12.6 Å². The molecular weight excluding hydrogens is 231 g/mol. The maximum atomic E-state index is 9.27. The maximum absolute atomic E-state index is 9.27. The van der Waals surface area contributed by atoms with E-state index in [2.05, 4.69) is 6.92 Å². The summed E-state index contributed by atoms with van der Waals surface area (Å²) in [5.41, 5.74) is 1.06. The molecule has 0 aliphatic rings. The van der Waals surface area contributed by atoms with Crippen molar-refractivity contribution in [1.82, 2.24) is 0 Å². The zero-order chi connectivity index (χ0) is 13.8. The summed E-state index contributed by atoms with van der Waals surface area (Å²) in [6, 6.07) is 5.26. The summed E-state index contributed by atoms with van der Waals surface area (Å²) in [5, 5.41) is 18.5. The smallest absolute Gasteiger partial charge is 0.492 e. The van der Waals surface area contributed by atoms with Crippen molar-refractivity contribution in [2.24, 2.45) is 0 Å². The lowest BCUT2D eigenvalue weighted by Gasteiger charge is -2.23. The molecule has 0 saturated heterocycles. The Bertz CT molecular complexity index is 391. The lowest BCUT2D eigenvalue weighted by atomic mass is 9.79. The fourth-order valence-electron chi connectivity index (χ4n) is 1.46. The van der Waals surface area contributed by atoms with Crippen molar-refractivity contribution in [2.75, 3.05) is 7.11 Å². The van der Waals surface area contributed by atoms with Crippen molar-refractivity contribution in [3.63, 3.8) is 0 Å². The summed E-state index contributed by atoms with van der Waals surface area (Å²) in [5.74, 6) is 0.462. The van der Waals surface area contributed by atoms with Crippen LogP contribution in [-0.2, 0) is 11.3 Å². The maximum Gasteiger partial charge on any atom is 0.492 e. The number of ether oxygens (including phenoxy) is 2. The van der Waals surface area contributed by atoms with Crippen LogP contribution in [0.4, 0.5) is 0 Å². The molecule has 0 heterocycles. The molecule has 0 aliphatic carbocycles. The Morgan fingerprint density at radius 1 is 1.28 bits per heavy atom. The molecule has 100 valence electrons. The molecule has 0 aromatic heterocycles. The number of hydrogen-bond donors (Lipinski definition) is 2. The predicted molar refractivity (Wildman–Crippen MR) is 72.0 cm³/mol. The Labute approximate surface area is 109 Å². The van der Waals surface area contributed by atoms with E-state index in [0.29, 0.717) is 17.8 Å². The number of methoxy groups -OCH3 is 1. The van der Waals surface area contributed by atoms with Gasteiger partial charge in [0.15, 0.2) is 0 Å². The van der Waals surface area contributed by atoms with Gasteiger partial charge in [0.05, 0.1) is 19.3 Å². The third-order valence-corrected chi connectivity index (χ3v) is 3.05. The van der Waals surface area contributed by atoms with Gasteiger partial charge in [0.2, 0.25) is 0 Å². The Balaban J connectivity index is 2.82. The summed E-state index contributed by atoms with van der Waals surface area (Å²) in [6.07, 6.45) is 0.915. The zero-order valence-electron chi connectivity index (χ0n) is 11.4. The minimum absolute atomic E-state index is 0.183. The van der Waals surface area contributed by atoms with E-state index in [1.165, 1.54) is 7.11 Å². The molecule has 1 rings (SSSR count). The molecule has 0 aliphatic heterocycles. The molecule has 1 aromatic carbocycles. The van der Waals surface area contributed by atoms with Gasteiger partial charge >= 0.3 is 7.12 Å². The molecule has 1 aromatic rings. The van der Waals surface area contributed by atoms with Crippen LogP contribution in [0.5, 0.6) is 5.75 Å². The van der Waals surface area contributed by atoms with Crippen LogP contribution in [0, 0.1) is 0 Å². The minimum Gasteiger partial charge on any atom is -0.497 e. The van der Waals surface area contributed by atoms with Crippen LogP contribution in [0.15, 0.2) is 18.2 Å². The van der Waals surface area contributed by atoms with Crippen molar-refractivity contribution < 1.29 is 19.5 Å². The third kappa shape index (κ3) is 4.01. The predicted octanol–water partition coefficient (Wildman–Crippen LogP) is 1.08. The van der Waals surface area contributed by atoms with Crippen LogP contribution >= 0.6 is 0 Å². The zero-order valence-corrected chi connectivity index (χ0v) is 11.4. The summed E-state index contributed by atoms with van der Waals surface area (Å²) in [6.45, 7) is 6.55. The Morgan fingerprint density at radius 2 is 1.94 bits per heavy atom.